The first-order valence-electron chi connectivity index (χ1n) is 9.28. The van der Waals surface area contributed by atoms with E-state index in [0.29, 0.717) is 28.8 Å². The highest BCUT2D eigenvalue weighted by molar-refractivity contribution is 9.10. The summed E-state index contributed by atoms with van der Waals surface area (Å²) in [6.45, 7) is 0. The minimum Gasteiger partial charge on any atom is -0.481 e. The average Bonchev–Trinajstić information content (AvgIpc) is 3.14. The van der Waals surface area contributed by atoms with Crippen molar-refractivity contribution in [3.63, 3.8) is 0 Å². The number of oxazole rings is 1. The van der Waals surface area contributed by atoms with E-state index in [0.717, 1.165) is 34.9 Å². The van der Waals surface area contributed by atoms with Crippen LogP contribution in [0.1, 0.15) is 37.4 Å². The largest absolute Gasteiger partial charge is 0.481 e. The summed E-state index contributed by atoms with van der Waals surface area (Å²) in [7, 11) is 0. The molecule has 1 aliphatic rings. The molecule has 1 N–H and O–H groups in total. The van der Waals surface area contributed by atoms with Crippen LogP contribution in [-0.4, -0.2) is 16.1 Å². The Morgan fingerprint density at radius 2 is 1.86 bits per heavy atom. The summed E-state index contributed by atoms with van der Waals surface area (Å²) in [6, 6.07) is 15.2. The van der Waals surface area contributed by atoms with Crippen LogP contribution < -0.4 is 0 Å². The first kappa shape index (κ1) is 19.2. The molecule has 1 aromatic heterocycles. The van der Waals surface area contributed by atoms with Gasteiger partial charge in [-0.1, -0.05) is 58.6 Å². The molecular formula is C22H19BrClNO3. The molecule has 0 radical (unpaired) electrons. The van der Waals surface area contributed by atoms with Gasteiger partial charge in [0.2, 0.25) is 5.89 Å². The average molecular weight is 461 g/mol. The van der Waals surface area contributed by atoms with E-state index in [-0.39, 0.29) is 5.92 Å². The Kier molecular flexibility index (Phi) is 5.56. The van der Waals surface area contributed by atoms with Gasteiger partial charge in [0.05, 0.1) is 5.92 Å². The van der Waals surface area contributed by atoms with Gasteiger partial charge in [-0.15, -0.1) is 0 Å². The number of carboxylic acids is 1. The first-order chi connectivity index (χ1) is 13.5. The summed E-state index contributed by atoms with van der Waals surface area (Å²) < 4.78 is 7.19. The number of halogens is 2. The Bertz CT molecular complexity index is 999. The molecule has 3 aromatic rings. The van der Waals surface area contributed by atoms with E-state index in [1.54, 1.807) is 12.1 Å². The van der Waals surface area contributed by atoms with Crippen LogP contribution in [0.25, 0.3) is 22.7 Å². The Morgan fingerprint density at radius 3 is 2.57 bits per heavy atom. The lowest BCUT2D eigenvalue weighted by atomic mass is 9.77. The number of hydrogen-bond acceptors (Lipinski definition) is 3. The SMILES string of the molecule is O=C(O)C1CCCCC1c1oc(-c2cccc(Cl)c2)nc1-c1ccc(Br)cc1. The van der Waals surface area contributed by atoms with Gasteiger partial charge in [-0.2, -0.15) is 0 Å². The molecule has 6 heteroatoms. The standard InChI is InChI=1S/C22H19BrClNO3/c23-15-10-8-13(9-11-15)19-20(17-6-1-2-7-18(17)22(26)27)28-21(25-19)14-4-3-5-16(24)12-14/h3-5,8-12,17-18H,1-2,6-7H2,(H,26,27). The maximum Gasteiger partial charge on any atom is 0.307 e. The topological polar surface area (TPSA) is 63.3 Å². The molecule has 144 valence electrons. The van der Waals surface area contributed by atoms with E-state index < -0.39 is 11.9 Å². The molecule has 28 heavy (non-hydrogen) atoms. The second-order valence-corrected chi connectivity index (χ2v) is 8.44. The number of carboxylic acid groups (broad SMARTS) is 1. The molecule has 0 aliphatic heterocycles. The third-order valence-electron chi connectivity index (χ3n) is 5.26. The van der Waals surface area contributed by atoms with Crippen LogP contribution in [0.3, 0.4) is 0 Å². The maximum absolute atomic E-state index is 11.9. The normalized spacial score (nSPS) is 19.5. The fourth-order valence-electron chi connectivity index (χ4n) is 3.88. The minimum atomic E-state index is -0.771. The predicted molar refractivity (Wildman–Crippen MR) is 112 cm³/mol. The van der Waals surface area contributed by atoms with Crippen LogP contribution in [0.4, 0.5) is 0 Å². The zero-order valence-corrected chi connectivity index (χ0v) is 17.4. The van der Waals surface area contributed by atoms with Crippen molar-refractivity contribution in [1.82, 2.24) is 4.98 Å². The van der Waals surface area contributed by atoms with Crippen LogP contribution >= 0.6 is 27.5 Å². The molecule has 1 aliphatic carbocycles. The van der Waals surface area contributed by atoms with Crippen LogP contribution in [0.5, 0.6) is 0 Å². The highest BCUT2D eigenvalue weighted by Gasteiger charge is 2.36. The van der Waals surface area contributed by atoms with Gasteiger partial charge < -0.3 is 9.52 Å². The summed E-state index contributed by atoms with van der Waals surface area (Å²) >= 11 is 9.59. The number of benzene rings is 2. The van der Waals surface area contributed by atoms with Crippen molar-refractivity contribution < 1.29 is 14.3 Å². The maximum atomic E-state index is 11.9. The second-order valence-electron chi connectivity index (χ2n) is 7.08. The number of carbonyl (C=O) groups is 1. The second kappa shape index (κ2) is 8.10. The fourth-order valence-corrected chi connectivity index (χ4v) is 4.34. The zero-order valence-electron chi connectivity index (χ0n) is 15.1. The van der Waals surface area contributed by atoms with Gasteiger partial charge in [0.25, 0.3) is 0 Å². The summed E-state index contributed by atoms with van der Waals surface area (Å²) in [5.74, 6) is -0.296. The van der Waals surface area contributed by atoms with Crippen molar-refractivity contribution in [1.29, 1.82) is 0 Å². The van der Waals surface area contributed by atoms with Crippen LogP contribution in [0, 0.1) is 5.92 Å². The lowest BCUT2D eigenvalue weighted by Gasteiger charge is -2.27. The smallest absolute Gasteiger partial charge is 0.307 e. The first-order valence-corrected chi connectivity index (χ1v) is 10.5. The third kappa shape index (κ3) is 3.87. The van der Waals surface area contributed by atoms with E-state index in [1.807, 2.05) is 36.4 Å². The van der Waals surface area contributed by atoms with Crippen molar-refractivity contribution in [2.45, 2.75) is 31.6 Å². The molecule has 1 fully saturated rings. The van der Waals surface area contributed by atoms with Gasteiger partial charge in [-0.05, 0) is 43.2 Å². The van der Waals surface area contributed by atoms with Gasteiger partial charge in [0.15, 0.2) is 0 Å². The predicted octanol–water partition coefficient (Wildman–Crippen LogP) is 6.78. The molecule has 2 atom stereocenters. The third-order valence-corrected chi connectivity index (χ3v) is 6.03. The number of rotatable bonds is 4. The van der Waals surface area contributed by atoms with Crippen molar-refractivity contribution in [3.05, 3.63) is 63.8 Å². The highest BCUT2D eigenvalue weighted by atomic mass is 79.9. The molecule has 1 saturated carbocycles. The van der Waals surface area contributed by atoms with Crippen molar-refractivity contribution in [2.24, 2.45) is 5.92 Å². The molecule has 4 rings (SSSR count). The Balaban J connectivity index is 1.85. The van der Waals surface area contributed by atoms with Gasteiger partial charge in [-0.3, -0.25) is 4.79 Å². The molecule has 0 saturated heterocycles. The number of nitrogens with zero attached hydrogens (tertiary/aromatic N) is 1. The molecule has 4 nitrogen and oxygen atoms in total. The Hall–Kier alpha value is -2.11. The monoisotopic (exact) mass is 459 g/mol. The van der Waals surface area contributed by atoms with Gasteiger partial charge in [-0.25, -0.2) is 4.98 Å². The summed E-state index contributed by atoms with van der Waals surface area (Å²) in [5, 5.41) is 10.3. The lowest BCUT2D eigenvalue weighted by Crippen LogP contribution is -2.25. The molecule has 2 aromatic carbocycles. The molecule has 2 unspecified atom stereocenters. The van der Waals surface area contributed by atoms with Crippen LogP contribution in [0.2, 0.25) is 5.02 Å². The summed E-state index contributed by atoms with van der Waals surface area (Å²) in [5.41, 5.74) is 2.39. The van der Waals surface area contributed by atoms with Gasteiger partial charge in [0, 0.05) is 26.5 Å². The van der Waals surface area contributed by atoms with Gasteiger partial charge >= 0.3 is 5.97 Å². The van der Waals surface area contributed by atoms with E-state index in [1.165, 1.54) is 0 Å². The molecular weight excluding hydrogens is 442 g/mol. The number of hydrogen-bond donors (Lipinski definition) is 1. The van der Waals surface area contributed by atoms with E-state index in [4.69, 9.17) is 21.0 Å². The molecule has 1 heterocycles. The minimum absolute atomic E-state index is 0.190. The van der Waals surface area contributed by atoms with Crippen LogP contribution in [-0.2, 0) is 4.79 Å². The Morgan fingerprint density at radius 1 is 1.11 bits per heavy atom. The van der Waals surface area contributed by atoms with Crippen molar-refractivity contribution >= 4 is 33.5 Å². The fraction of sp³-hybridized carbons (Fsp3) is 0.273. The number of aliphatic carboxylic acids is 1. The van der Waals surface area contributed by atoms with E-state index in [2.05, 4.69) is 15.9 Å². The van der Waals surface area contributed by atoms with E-state index >= 15 is 0 Å². The number of aromatic nitrogens is 1. The Labute approximate surface area is 176 Å². The molecule has 0 bridgehead atoms. The molecule has 0 spiro atoms. The summed E-state index contributed by atoms with van der Waals surface area (Å²) in [4.78, 5) is 16.6. The van der Waals surface area contributed by atoms with Crippen molar-refractivity contribution in [2.75, 3.05) is 0 Å². The van der Waals surface area contributed by atoms with Crippen LogP contribution in [0.15, 0.2) is 57.4 Å². The zero-order chi connectivity index (χ0) is 19.7. The van der Waals surface area contributed by atoms with E-state index in [9.17, 15) is 9.90 Å². The lowest BCUT2D eigenvalue weighted by molar-refractivity contribution is -0.143. The quantitative estimate of drug-likeness (QED) is 0.466. The summed E-state index contributed by atoms with van der Waals surface area (Å²) in [6.07, 6.45) is 3.36. The highest BCUT2D eigenvalue weighted by Crippen LogP contribution is 2.43. The van der Waals surface area contributed by atoms with Crippen molar-refractivity contribution in [3.8, 4) is 22.7 Å². The molecule has 0 amide bonds. The van der Waals surface area contributed by atoms with Gasteiger partial charge in [0.1, 0.15) is 11.5 Å².